The van der Waals surface area contributed by atoms with E-state index in [1.165, 1.54) is 0 Å². The fourth-order valence-corrected chi connectivity index (χ4v) is 2.55. The molecule has 0 saturated heterocycles. The first kappa shape index (κ1) is 13.4. The van der Waals surface area contributed by atoms with Gasteiger partial charge in [0.25, 0.3) is 5.91 Å². The lowest BCUT2D eigenvalue weighted by molar-refractivity contribution is 0.100. The molecular formula is C13H16N4OS. The molecule has 1 atom stereocenters. The van der Waals surface area contributed by atoms with Gasteiger partial charge >= 0.3 is 0 Å². The van der Waals surface area contributed by atoms with Crippen LogP contribution in [-0.2, 0) is 0 Å². The Balaban J connectivity index is 2.19. The van der Waals surface area contributed by atoms with Gasteiger partial charge in [-0.3, -0.25) is 4.79 Å². The van der Waals surface area contributed by atoms with E-state index in [1.54, 1.807) is 23.5 Å². The molecule has 5 N–H and O–H groups in total. The zero-order valence-corrected chi connectivity index (χ0v) is 11.6. The van der Waals surface area contributed by atoms with E-state index in [4.69, 9.17) is 11.5 Å². The summed E-state index contributed by atoms with van der Waals surface area (Å²) < 4.78 is 0. The second-order valence-electron chi connectivity index (χ2n) is 4.36. The van der Waals surface area contributed by atoms with E-state index in [-0.39, 0.29) is 6.04 Å². The number of amides is 1. The lowest BCUT2D eigenvalue weighted by atomic mass is 10.1. The quantitative estimate of drug-likeness (QED) is 0.747. The molecule has 1 amide bonds. The van der Waals surface area contributed by atoms with Crippen LogP contribution in [0.5, 0.6) is 0 Å². The maximum absolute atomic E-state index is 11.2. The Kier molecular flexibility index (Phi) is 3.71. The second kappa shape index (κ2) is 5.27. The summed E-state index contributed by atoms with van der Waals surface area (Å²) in [5, 5.41) is 6.28. The SMILES string of the molecule is Cc1csc(C(C)Nc2ccc(N)c(C(N)=O)c2)n1. The number of rotatable bonds is 4. The van der Waals surface area contributed by atoms with Crippen LogP contribution in [0.25, 0.3) is 0 Å². The monoisotopic (exact) mass is 276 g/mol. The van der Waals surface area contributed by atoms with Crippen molar-refractivity contribution < 1.29 is 4.79 Å². The average molecular weight is 276 g/mol. The Bertz CT molecular complexity index is 608. The van der Waals surface area contributed by atoms with Gasteiger partial charge in [-0.15, -0.1) is 11.3 Å². The number of nitrogen functional groups attached to an aromatic ring is 1. The van der Waals surface area contributed by atoms with Crippen molar-refractivity contribution >= 4 is 28.6 Å². The molecule has 0 spiro atoms. The number of carbonyl (C=O) groups is 1. The molecule has 19 heavy (non-hydrogen) atoms. The first-order valence-corrected chi connectivity index (χ1v) is 6.73. The fourth-order valence-electron chi connectivity index (χ4n) is 1.74. The zero-order chi connectivity index (χ0) is 14.0. The molecule has 1 heterocycles. The minimum atomic E-state index is -0.529. The van der Waals surface area contributed by atoms with E-state index in [0.717, 1.165) is 16.4 Å². The highest BCUT2D eigenvalue weighted by atomic mass is 32.1. The summed E-state index contributed by atoms with van der Waals surface area (Å²) in [6.45, 7) is 3.97. The van der Waals surface area contributed by atoms with Crippen LogP contribution < -0.4 is 16.8 Å². The normalized spacial score (nSPS) is 12.1. The summed E-state index contributed by atoms with van der Waals surface area (Å²) >= 11 is 1.60. The predicted molar refractivity (Wildman–Crippen MR) is 78.3 cm³/mol. The van der Waals surface area contributed by atoms with E-state index in [9.17, 15) is 4.79 Å². The predicted octanol–water partition coefficient (Wildman–Crippen LogP) is 2.31. The van der Waals surface area contributed by atoms with Gasteiger partial charge < -0.3 is 16.8 Å². The molecule has 2 aromatic rings. The maximum Gasteiger partial charge on any atom is 0.250 e. The Labute approximate surface area is 115 Å². The number of thiazole rings is 1. The summed E-state index contributed by atoms with van der Waals surface area (Å²) in [7, 11) is 0. The van der Waals surface area contributed by atoms with Gasteiger partial charge in [-0.1, -0.05) is 0 Å². The van der Waals surface area contributed by atoms with Crippen LogP contribution in [0, 0.1) is 6.92 Å². The van der Waals surface area contributed by atoms with Gasteiger partial charge in [0, 0.05) is 22.4 Å². The van der Waals surface area contributed by atoms with Gasteiger partial charge in [0.2, 0.25) is 0 Å². The van der Waals surface area contributed by atoms with Gasteiger partial charge in [0.15, 0.2) is 0 Å². The van der Waals surface area contributed by atoms with E-state index in [1.807, 2.05) is 25.3 Å². The van der Waals surface area contributed by atoms with Crippen molar-refractivity contribution in [2.45, 2.75) is 19.9 Å². The highest BCUT2D eigenvalue weighted by Gasteiger charge is 2.11. The summed E-state index contributed by atoms with van der Waals surface area (Å²) in [6.07, 6.45) is 0. The van der Waals surface area contributed by atoms with Crippen molar-refractivity contribution in [3.63, 3.8) is 0 Å². The minimum absolute atomic E-state index is 0.0584. The third-order valence-corrected chi connectivity index (χ3v) is 3.85. The molecule has 1 aromatic carbocycles. The smallest absolute Gasteiger partial charge is 0.250 e. The van der Waals surface area contributed by atoms with Gasteiger partial charge in [0.05, 0.1) is 11.6 Å². The average Bonchev–Trinajstić information content (AvgIpc) is 2.78. The van der Waals surface area contributed by atoms with Crippen molar-refractivity contribution in [2.24, 2.45) is 5.73 Å². The number of hydrogen-bond acceptors (Lipinski definition) is 5. The van der Waals surface area contributed by atoms with Crippen LogP contribution in [0.1, 0.15) is 34.0 Å². The van der Waals surface area contributed by atoms with Crippen molar-refractivity contribution in [1.29, 1.82) is 0 Å². The fraction of sp³-hybridized carbons (Fsp3) is 0.231. The first-order valence-electron chi connectivity index (χ1n) is 5.85. The molecule has 0 bridgehead atoms. The third-order valence-electron chi connectivity index (χ3n) is 2.71. The summed E-state index contributed by atoms with van der Waals surface area (Å²) in [4.78, 5) is 15.7. The minimum Gasteiger partial charge on any atom is -0.398 e. The molecule has 2 rings (SSSR count). The van der Waals surface area contributed by atoms with Crippen LogP contribution in [0.4, 0.5) is 11.4 Å². The zero-order valence-electron chi connectivity index (χ0n) is 10.8. The number of primary amides is 1. The van der Waals surface area contributed by atoms with Crippen LogP contribution >= 0.6 is 11.3 Å². The molecule has 1 unspecified atom stereocenters. The number of carbonyl (C=O) groups excluding carboxylic acids is 1. The topological polar surface area (TPSA) is 94.0 Å². The van der Waals surface area contributed by atoms with Crippen LogP contribution in [-0.4, -0.2) is 10.9 Å². The number of aromatic nitrogens is 1. The van der Waals surface area contributed by atoms with E-state index >= 15 is 0 Å². The first-order chi connectivity index (χ1) is 8.97. The van der Waals surface area contributed by atoms with E-state index in [2.05, 4.69) is 10.3 Å². The largest absolute Gasteiger partial charge is 0.398 e. The van der Waals surface area contributed by atoms with E-state index in [0.29, 0.717) is 11.3 Å². The summed E-state index contributed by atoms with van der Waals surface area (Å²) in [5.41, 5.74) is 13.5. The molecule has 0 aliphatic carbocycles. The number of hydrogen-bond donors (Lipinski definition) is 3. The Hall–Kier alpha value is -2.08. The summed E-state index contributed by atoms with van der Waals surface area (Å²) in [6, 6.07) is 5.21. The summed E-state index contributed by atoms with van der Waals surface area (Å²) in [5.74, 6) is -0.529. The van der Waals surface area contributed by atoms with Crippen LogP contribution in [0.3, 0.4) is 0 Å². The lowest BCUT2D eigenvalue weighted by Gasteiger charge is -2.14. The highest BCUT2D eigenvalue weighted by molar-refractivity contribution is 7.09. The Morgan fingerprint density at radius 3 is 2.79 bits per heavy atom. The molecule has 0 radical (unpaired) electrons. The number of nitrogens with two attached hydrogens (primary N) is 2. The van der Waals surface area contributed by atoms with E-state index < -0.39 is 5.91 Å². The van der Waals surface area contributed by atoms with Crippen molar-refractivity contribution in [3.05, 3.63) is 39.8 Å². The molecular weight excluding hydrogens is 260 g/mol. The molecule has 0 saturated carbocycles. The third kappa shape index (κ3) is 3.03. The standard InChI is InChI=1S/C13H16N4OS/c1-7-6-19-13(16-7)8(2)17-9-3-4-11(14)10(5-9)12(15)18/h3-6,8,17H,14H2,1-2H3,(H2,15,18). The Morgan fingerprint density at radius 1 is 1.47 bits per heavy atom. The molecule has 0 aliphatic heterocycles. The molecule has 1 aromatic heterocycles. The van der Waals surface area contributed by atoms with Crippen molar-refractivity contribution in [3.8, 4) is 0 Å². The number of anilines is 2. The molecule has 5 nitrogen and oxygen atoms in total. The molecule has 0 fully saturated rings. The highest BCUT2D eigenvalue weighted by Crippen LogP contribution is 2.24. The molecule has 0 aliphatic rings. The van der Waals surface area contributed by atoms with Crippen molar-refractivity contribution in [2.75, 3.05) is 11.1 Å². The van der Waals surface area contributed by atoms with Gasteiger partial charge in [-0.2, -0.15) is 0 Å². The molecule has 100 valence electrons. The second-order valence-corrected chi connectivity index (χ2v) is 5.25. The lowest BCUT2D eigenvalue weighted by Crippen LogP contribution is -2.14. The van der Waals surface area contributed by atoms with Crippen LogP contribution in [0.15, 0.2) is 23.6 Å². The number of nitrogens with one attached hydrogen (secondary N) is 1. The Morgan fingerprint density at radius 2 is 2.21 bits per heavy atom. The van der Waals surface area contributed by atoms with Crippen molar-refractivity contribution in [1.82, 2.24) is 4.98 Å². The number of benzene rings is 1. The maximum atomic E-state index is 11.2. The molecule has 6 heteroatoms. The van der Waals surface area contributed by atoms with Gasteiger partial charge in [0.1, 0.15) is 5.01 Å². The van der Waals surface area contributed by atoms with Crippen LogP contribution in [0.2, 0.25) is 0 Å². The van der Waals surface area contributed by atoms with Gasteiger partial charge in [-0.25, -0.2) is 4.98 Å². The number of aryl methyl sites for hydroxylation is 1. The number of nitrogens with zero attached hydrogens (tertiary/aromatic N) is 1. The van der Waals surface area contributed by atoms with Gasteiger partial charge in [-0.05, 0) is 32.0 Å².